The summed E-state index contributed by atoms with van der Waals surface area (Å²) < 4.78 is 0. The Balaban J connectivity index is 3.86. The van der Waals surface area contributed by atoms with Gasteiger partial charge in [0, 0.05) is 6.08 Å². The second-order valence-electron chi connectivity index (χ2n) is 4.03. The van der Waals surface area contributed by atoms with Gasteiger partial charge in [0.2, 0.25) is 0 Å². The standard InChI is InChI=1S/C14H22O2/c1-4-5-6-8-12(2)9-7-10-13(3)11-14(15)16/h4-5,9,11H,6-8,10H2,1-3H3,(H,15,16)/b5-4+,12-9+,13-11+. The molecule has 90 valence electrons. The number of carbonyl (C=O) groups is 1. The van der Waals surface area contributed by atoms with Crippen LogP contribution in [-0.4, -0.2) is 11.1 Å². The molecule has 0 aliphatic carbocycles. The highest BCUT2D eigenvalue weighted by Gasteiger charge is 1.94. The van der Waals surface area contributed by atoms with E-state index < -0.39 is 5.97 Å². The van der Waals surface area contributed by atoms with Crippen LogP contribution in [0.2, 0.25) is 0 Å². The van der Waals surface area contributed by atoms with Crippen molar-refractivity contribution in [3.63, 3.8) is 0 Å². The zero-order chi connectivity index (χ0) is 12.4. The van der Waals surface area contributed by atoms with Gasteiger partial charge in [-0.1, -0.05) is 29.4 Å². The van der Waals surface area contributed by atoms with Gasteiger partial charge < -0.3 is 5.11 Å². The van der Waals surface area contributed by atoms with Gasteiger partial charge >= 0.3 is 5.97 Å². The zero-order valence-electron chi connectivity index (χ0n) is 10.5. The Morgan fingerprint density at radius 2 is 1.75 bits per heavy atom. The predicted molar refractivity (Wildman–Crippen MR) is 68.4 cm³/mol. The molecule has 0 atom stereocenters. The lowest BCUT2D eigenvalue weighted by Gasteiger charge is -1.99. The van der Waals surface area contributed by atoms with Crippen molar-refractivity contribution in [1.29, 1.82) is 0 Å². The van der Waals surface area contributed by atoms with Crippen LogP contribution in [0.5, 0.6) is 0 Å². The maximum atomic E-state index is 10.4. The SMILES string of the molecule is C/C=C/CC/C(C)=C/CC/C(C)=C/C(=O)O. The topological polar surface area (TPSA) is 37.3 Å². The fourth-order valence-electron chi connectivity index (χ4n) is 1.41. The molecule has 16 heavy (non-hydrogen) atoms. The van der Waals surface area contributed by atoms with Crippen molar-refractivity contribution in [2.24, 2.45) is 0 Å². The summed E-state index contributed by atoms with van der Waals surface area (Å²) in [7, 11) is 0. The molecule has 0 aliphatic heterocycles. The Kier molecular flexibility index (Phi) is 8.22. The number of hydrogen-bond donors (Lipinski definition) is 1. The fraction of sp³-hybridized carbons (Fsp3) is 0.500. The van der Waals surface area contributed by atoms with Crippen molar-refractivity contribution >= 4 is 5.97 Å². The molecule has 0 aromatic carbocycles. The average molecular weight is 222 g/mol. The predicted octanol–water partition coefficient (Wildman–Crippen LogP) is 4.10. The second kappa shape index (κ2) is 8.96. The molecule has 0 heterocycles. The first-order valence-corrected chi connectivity index (χ1v) is 5.73. The van der Waals surface area contributed by atoms with Crippen LogP contribution in [-0.2, 0) is 4.79 Å². The van der Waals surface area contributed by atoms with E-state index in [9.17, 15) is 4.79 Å². The number of allylic oxidation sites excluding steroid dienone is 5. The molecule has 1 N–H and O–H groups in total. The van der Waals surface area contributed by atoms with Crippen molar-refractivity contribution in [1.82, 2.24) is 0 Å². The number of carboxylic acids is 1. The molecule has 0 radical (unpaired) electrons. The van der Waals surface area contributed by atoms with Gasteiger partial charge in [0.1, 0.15) is 0 Å². The normalized spacial score (nSPS) is 13.4. The smallest absolute Gasteiger partial charge is 0.328 e. The lowest BCUT2D eigenvalue weighted by atomic mass is 10.1. The van der Waals surface area contributed by atoms with Crippen molar-refractivity contribution in [2.45, 2.75) is 46.5 Å². The summed E-state index contributed by atoms with van der Waals surface area (Å²) in [6.45, 7) is 6.01. The van der Waals surface area contributed by atoms with Gasteiger partial charge in [0.05, 0.1) is 0 Å². The third kappa shape index (κ3) is 9.25. The highest BCUT2D eigenvalue weighted by molar-refractivity contribution is 5.80. The molecule has 0 aliphatic rings. The molecule has 0 aromatic rings. The van der Waals surface area contributed by atoms with E-state index >= 15 is 0 Å². The average Bonchev–Trinajstić information content (AvgIpc) is 2.17. The molecule has 0 rings (SSSR count). The van der Waals surface area contributed by atoms with Crippen LogP contribution in [0.3, 0.4) is 0 Å². The monoisotopic (exact) mass is 222 g/mol. The number of carboxylic acid groups (broad SMARTS) is 1. The third-order valence-electron chi connectivity index (χ3n) is 2.34. The van der Waals surface area contributed by atoms with Crippen LogP contribution in [0, 0.1) is 0 Å². The molecule has 0 saturated heterocycles. The summed E-state index contributed by atoms with van der Waals surface area (Å²) in [5, 5.41) is 8.54. The van der Waals surface area contributed by atoms with Crippen molar-refractivity contribution in [3.8, 4) is 0 Å². The van der Waals surface area contributed by atoms with Gasteiger partial charge in [-0.25, -0.2) is 4.79 Å². The number of aliphatic carboxylic acids is 1. The van der Waals surface area contributed by atoms with E-state index in [0.717, 1.165) is 31.3 Å². The van der Waals surface area contributed by atoms with E-state index in [-0.39, 0.29) is 0 Å². The molecule has 0 saturated carbocycles. The first-order chi connectivity index (χ1) is 7.56. The van der Waals surface area contributed by atoms with E-state index in [1.165, 1.54) is 11.6 Å². The highest BCUT2D eigenvalue weighted by atomic mass is 16.4. The Morgan fingerprint density at radius 1 is 1.12 bits per heavy atom. The van der Waals surface area contributed by atoms with Gasteiger partial charge in [-0.05, 0) is 46.5 Å². The van der Waals surface area contributed by atoms with Crippen molar-refractivity contribution < 1.29 is 9.90 Å². The number of hydrogen-bond acceptors (Lipinski definition) is 1. The molecular formula is C14H22O2. The molecule has 2 heteroatoms. The molecule has 0 spiro atoms. The van der Waals surface area contributed by atoms with Crippen molar-refractivity contribution in [2.75, 3.05) is 0 Å². The van der Waals surface area contributed by atoms with Crippen LogP contribution in [0.1, 0.15) is 46.5 Å². The van der Waals surface area contributed by atoms with Crippen molar-refractivity contribution in [3.05, 3.63) is 35.5 Å². The highest BCUT2D eigenvalue weighted by Crippen LogP contribution is 2.10. The Hall–Kier alpha value is -1.31. The fourth-order valence-corrected chi connectivity index (χ4v) is 1.41. The summed E-state index contributed by atoms with van der Waals surface area (Å²) in [5.41, 5.74) is 2.30. The van der Waals surface area contributed by atoms with Gasteiger partial charge in [-0.15, -0.1) is 0 Å². The molecular weight excluding hydrogens is 200 g/mol. The number of rotatable bonds is 7. The van der Waals surface area contributed by atoms with Gasteiger partial charge in [-0.3, -0.25) is 0 Å². The second-order valence-corrected chi connectivity index (χ2v) is 4.03. The summed E-state index contributed by atoms with van der Waals surface area (Å²) in [6, 6.07) is 0. The van der Waals surface area contributed by atoms with E-state index in [4.69, 9.17) is 5.11 Å². The Bertz CT molecular complexity index is 296. The summed E-state index contributed by atoms with van der Waals surface area (Å²) in [5.74, 6) is -0.855. The largest absolute Gasteiger partial charge is 0.478 e. The summed E-state index contributed by atoms with van der Waals surface area (Å²) >= 11 is 0. The van der Waals surface area contributed by atoms with Crippen LogP contribution in [0.15, 0.2) is 35.5 Å². The quantitative estimate of drug-likeness (QED) is 0.520. The Morgan fingerprint density at radius 3 is 2.31 bits per heavy atom. The Labute approximate surface area is 98.4 Å². The lowest BCUT2D eigenvalue weighted by molar-refractivity contribution is -0.131. The summed E-state index contributed by atoms with van der Waals surface area (Å²) in [6.07, 6.45) is 11.6. The first-order valence-electron chi connectivity index (χ1n) is 5.73. The van der Waals surface area contributed by atoms with Gasteiger partial charge in [0.25, 0.3) is 0 Å². The van der Waals surface area contributed by atoms with E-state index in [1.807, 2.05) is 13.8 Å². The summed E-state index contributed by atoms with van der Waals surface area (Å²) in [4.78, 5) is 10.4. The van der Waals surface area contributed by atoms with Gasteiger partial charge in [-0.2, -0.15) is 0 Å². The van der Waals surface area contributed by atoms with Gasteiger partial charge in [0.15, 0.2) is 0 Å². The van der Waals surface area contributed by atoms with E-state index in [0.29, 0.717) is 0 Å². The minimum absolute atomic E-state index is 0.827. The third-order valence-corrected chi connectivity index (χ3v) is 2.34. The molecule has 0 unspecified atom stereocenters. The van der Waals surface area contributed by atoms with E-state index in [1.54, 1.807) is 0 Å². The first kappa shape index (κ1) is 14.7. The van der Waals surface area contributed by atoms with Crippen LogP contribution < -0.4 is 0 Å². The van der Waals surface area contributed by atoms with Crippen LogP contribution in [0.25, 0.3) is 0 Å². The van der Waals surface area contributed by atoms with Crippen LogP contribution in [0.4, 0.5) is 0 Å². The molecule has 0 bridgehead atoms. The molecule has 0 aromatic heterocycles. The van der Waals surface area contributed by atoms with E-state index in [2.05, 4.69) is 25.2 Å². The molecule has 2 nitrogen and oxygen atoms in total. The minimum Gasteiger partial charge on any atom is -0.478 e. The maximum absolute atomic E-state index is 10.4. The maximum Gasteiger partial charge on any atom is 0.328 e. The van der Waals surface area contributed by atoms with Crippen LogP contribution >= 0.6 is 0 Å². The minimum atomic E-state index is -0.855. The molecule has 0 fully saturated rings. The zero-order valence-corrected chi connectivity index (χ0v) is 10.5. The molecule has 0 amide bonds. The lowest BCUT2D eigenvalue weighted by Crippen LogP contribution is -1.89.